The predicted octanol–water partition coefficient (Wildman–Crippen LogP) is 2.72. The Hall–Kier alpha value is -1.92. The molecule has 6 nitrogen and oxygen atoms in total. The van der Waals surface area contributed by atoms with Gasteiger partial charge in [0.1, 0.15) is 17.3 Å². The van der Waals surface area contributed by atoms with Crippen molar-refractivity contribution in [3.63, 3.8) is 0 Å². The van der Waals surface area contributed by atoms with Gasteiger partial charge in [-0.15, -0.1) is 0 Å². The second-order valence-corrected chi connectivity index (χ2v) is 7.97. The maximum Gasteiger partial charge on any atom is 0.154 e. The Kier molecular flexibility index (Phi) is 5.45. The van der Waals surface area contributed by atoms with Crippen molar-refractivity contribution >= 4 is 0 Å². The molecule has 1 aromatic heterocycles. The number of methoxy groups -OCH3 is 1. The van der Waals surface area contributed by atoms with E-state index in [0.29, 0.717) is 12.0 Å². The molecule has 1 aliphatic carbocycles. The van der Waals surface area contributed by atoms with Gasteiger partial charge in [0.2, 0.25) is 0 Å². The van der Waals surface area contributed by atoms with Crippen molar-refractivity contribution in [1.29, 1.82) is 0 Å². The summed E-state index contributed by atoms with van der Waals surface area (Å²) < 4.78 is 7.59. The van der Waals surface area contributed by atoms with Crippen molar-refractivity contribution in [3.05, 3.63) is 35.9 Å². The third-order valence-corrected chi connectivity index (χ3v) is 5.89. The number of aromatic nitrogens is 3. The maximum atomic E-state index is 5.57. The fourth-order valence-corrected chi connectivity index (χ4v) is 3.82. The van der Waals surface area contributed by atoms with Crippen LogP contribution in [0.5, 0.6) is 5.75 Å². The number of ether oxygens (including phenoxy) is 1. The second kappa shape index (κ2) is 7.98. The molecular formula is C21H31N5O. The van der Waals surface area contributed by atoms with Gasteiger partial charge in [-0.2, -0.15) is 5.10 Å². The number of para-hydroxylation sites is 2. The fourth-order valence-electron chi connectivity index (χ4n) is 3.82. The van der Waals surface area contributed by atoms with Crippen molar-refractivity contribution in [1.82, 2.24) is 24.6 Å². The third kappa shape index (κ3) is 4.17. The highest BCUT2D eigenvalue weighted by Crippen LogP contribution is 2.38. The summed E-state index contributed by atoms with van der Waals surface area (Å²) in [6, 6.07) is 8.65. The molecule has 2 heterocycles. The van der Waals surface area contributed by atoms with E-state index in [2.05, 4.69) is 29.8 Å². The SMILES string of the molecule is COc1ccccc1-n1nc(C2CC2)nc1CC[C@@H](C)N1CCN(C)CC1. The minimum atomic E-state index is 0.551. The summed E-state index contributed by atoms with van der Waals surface area (Å²) in [6.07, 6.45) is 4.47. The van der Waals surface area contributed by atoms with Crippen LogP contribution in [-0.4, -0.2) is 70.9 Å². The lowest BCUT2D eigenvalue weighted by molar-refractivity contribution is 0.114. The highest BCUT2D eigenvalue weighted by atomic mass is 16.5. The lowest BCUT2D eigenvalue weighted by atomic mass is 10.1. The quantitative estimate of drug-likeness (QED) is 0.751. The Labute approximate surface area is 162 Å². The summed E-state index contributed by atoms with van der Waals surface area (Å²) in [5.74, 6) is 3.46. The predicted molar refractivity (Wildman–Crippen MR) is 107 cm³/mol. The number of hydrogen-bond donors (Lipinski definition) is 0. The first-order valence-corrected chi connectivity index (χ1v) is 10.2. The van der Waals surface area contributed by atoms with E-state index in [9.17, 15) is 0 Å². The van der Waals surface area contributed by atoms with Crippen molar-refractivity contribution in [3.8, 4) is 11.4 Å². The van der Waals surface area contributed by atoms with E-state index in [1.807, 2.05) is 22.9 Å². The van der Waals surface area contributed by atoms with Gasteiger partial charge in [-0.3, -0.25) is 4.90 Å². The number of nitrogens with zero attached hydrogens (tertiary/aromatic N) is 5. The molecule has 146 valence electrons. The van der Waals surface area contributed by atoms with Crippen LogP contribution in [0.25, 0.3) is 5.69 Å². The maximum absolute atomic E-state index is 5.57. The van der Waals surface area contributed by atoms with Crippen LogP contribution in [0.2, 0.25) is 0 Å². The molecule has 1 saturated heterocycles. The Morgan fingerprint density at radius 2 is 1.89 bits per heavy atom. The molecule has 4 rings (SSSR count). The monoisotopic (exact) mass is 369 g/mol. The van der Waals surface area contributed by atoms with Crippen LogP contribution >= 0.6 is 0 Å². The normalized spacial score (nSPS) is 20.0. The van der Waals surface area contributed by atoms with E-state index >= 15 is 0 Å². The molecule has 1 atom stereocenters. The molecule has 27 heavy (non-hydrogen) atoms. The van der Waals surface area contributed by atoms with Gasteiger partial charge in [0.25, 0.3) is 0 Å². The molecule has 6 heteroatoms. The van der Waals surface area contributed by atoms with Crippen LogP contribution in [0.3, 0.4) is 0 Å². The van der Waals surface area contributed by atoms with Crippen LogP contribution in [0.1, 0.15) is 43.8 Å². The first-order valence-electron chi connectivity index (χ1n) is 10.2. The van der Waals surface area contributed by atoms with Gasteiger partial charge in [0, 0.05) is 44.6 Å². The Bertz CT molecular complexity index is 762. The van der Waals surface area contributed by atoms with Crippen LogP contribution in [0, 0.1) is 0 Å². The Balaban J connectivity index is 1.51. The topological polar surface area (TPSA) is 46.4 Å². The summed E-state index contributed by atoms with van der Waals surface area (Å²) in [4.78, 5) is 9.93. The molecule has 2 aliphatic rings. The van der Waals surface area contributed by atoms with E-state index in [1.54, 1.807) is 7.11 Å². The first-order chi connectivity index (χ1) is 13.2. The molecular weight excluding hydrogens is 338 g/mol. The fraction of sp³-hybridized carbons (Fsp3) is 0.619. The van der Waals surface area contributed by atoms with Crippen molar-refractivity contribution in [2.24, 2.45) is 0 Å². The van der Waals surface area contributed by atoms with E-state index in [4.69, 9.17) is 14.8 Å². The molecule has 1 aliphatic heterocycles. The second-order valence-electron chi connectivity index (χ2n) is 7.97. The summed E-state index contributed by atoms with van der Waals surface area (Å²) in [6.45, 7) is 6.98. The molecule has 0 bridgehead atoms. The van der Waals surface area contributed by atoms with Gasteiger partial charge in [-0.05, 0) is 45.4 Å². The summed E-state index contributed by atoms with van der Waals surface area (Å²) in [5, 5.41) is 4.86. The average molecular weight is 370 g/mol. The number of likely N-dealkylation sites (N-methyl/N-ethyl adjacent to an activating group) is 1. The summed E-state index contributed by atoms with van der Waals surface area (Å²) in [7, 11) is 3.92. The van der Waals surface area contributed by atoms with E-state index in [0.717, 1.165) is 62.1 Å². The minimum absolute atomic E-state index is 0.551. The average Bonchev–Trinajstić information content (AvgIpc) is 3.46. The highest BCUT2D eigenvalue weighted by molar-refractivity contribution is 5.46. The molecule has 1 aromatic carbocycles. The molecule has 1 saturated carbocycles. The number of rotatable bonds is 7. The van der Waals surface area contributed by atoms with Crippen LogP contribution in [-0.2, 0) is 6.42 Å². The van der Waals surface area contributed by atoms with Gasteiger partial charge in [0.05, 0.1) is 7.11 Å². The molecule has 0 amide bonds. The smallest absolute Gasteiger partial charge is 0.154 e. The van der Waals surface area contributed by atoms with Crippen LogP contribution < -0.4 is 4.74 Å². The van der Waals surface area contributed by atoms with Crippen molar-refractivity contribution < 1.29 is 4.74 Å². The molecule has 0 unspecified atom stereocenters. The zero-order valence-corrected chi connectivity index (χ0v) is 16.8. The van der Waals surface area contributed by atoms with Crippen molar-refractivity contribution in [2.75, 3.05) is 40.3 Å². The third-order valence-electron chi connectivity index (χ3n) is 5.89. The van der Waals surface area contributed by atoms with Gasteiger partial charge in [-0.25, -0.2) is 9.67 Å². The molecule has 0 spiro atoms. The van der Waals surface area contributed by atoms with Crippen LogP contribution in [0.15, 0.2) is 24.3 Å². The van der Waals surface area contributed by atoms with Gasteiger partial charge in [0.15, 0.2) is 5.82 Å². The molecule has 0 radical (unpaired) electrons. The molecule has 2 aromatic rings. The van der Waals surface area contributed by atoms with Gasteiger partial charge in [-0.1, -0.05) is 12.1 Å². The largest absolute Gasteiger partial charge is 0.494 e. The van der Waals surface area contributed by atoms with Crippen LogP contribution in [0.4, 0.5) is 0 Å². The zero-order chi connectivity index (χ0) is 18.8. The molecule has 0 N–H and O–H groups in total. The van der Waals surface area contributed by atoms with Gasteiger partial charge < -0.3 is 9.64 Å². The van der Waals surface area contributed by atoms with E-state index in [-0.39, 0.29) is 0 Å². The number of hydrogen-bond acceptors (Lipinski definition) is 5. The summed E-state index contributed by atoms with van der Waals surface area (Å²) >= 11 is 0. The zero-order valence-electron chi connectivity index (χ0n) is 16.8. The number of piperazine rings is 1. The van der Waals surface area contributed by atoms with Gasteiger partial charge >= 0.3 is 0 Å². The van der Waals surface area contributed by atoms with Crippen molar-refractivity contribution in [2.45, 2.75) is 44.6 Å². The Morgan fingerprint density at radius 3 is 2.59 bits per heavy atom. The Morgan fingerprint density at radius 1 is 1.15 bits per heavy atom. The van der Waals surface area contributed by atoms with E-state index < -0.39 is 0 Å². The number of aryl methyl sites for hydroxylation is 1. The number of benzene rings is 1. The van der Waals surface area contributed by atoms with E-state index in [1.165, 1.54) is 12.8 Å². The summed E-state index contributed by atoms with van der Waals surface area (Å²) in [5.41, 5.74) is 0.988. The lowest BCUT2D eigenvalue weighted by Gasteiger charge is -2.36. The molecule has 2 fully saturated rings. The highest BCUT2D eigenvalue weighted by Gasteiger charge is 2.30. The standard InChI is InChI=1S/C21H31N5O/c1-16(25-14-12-24(2)13-15-25)8-11-20-22-21(17-9-10-17)23-26(20)18-6-4-5-7-19(18)27-3/h4-7,16-17H,8-15H2,1-3H3/t16-/m1/s1. The lowest BCUT2D eigenvalue weighted by Crippen LogP contribution is -2.48. The minimum Gasteiger partial charge on any atom is -0.494 e. The first kappa shape index (κ1) is 18.4.